The predicted molar refractivity (Wildman–Crippen MR) is 72.4 cm³/mol. The lowest BCUT2D eigenvalue weighted by Gasteiger charge is -2.06. The Labute approximate surface area is 113 Å². The highest BCUT2D eigenvalue weighted by molar-refractivity contribution is 5.79. The summed E-state index contributed by atoms with van der Waals surface area (Å²) in [5, 5.41) is 20.3. The van der Waals surface area contributed by atoms with Gasteiger partial charge in [0.1, 0.15) is 23.6 Å². The highest BCUT2D eigenvalue weighted by atomic mass is 16.6. The molecule has 0 amide bonds. The van der Waals surface area contributed by atoms with Crippen molar-refractivity contribution < 1.29 is 4.92 Å². The first-order valence-corrected chi connectivity index (χ1v) is 5.82. The Bertz CT molecular complexity index is 861. The highest BCUT2D eigenvalue weighted by Crippen LogP contribution is 2.29. The fraction of sp³-hybridized carbons (Fsp3) is 0. The number of rotatable bonds is 2. The topological polar surface area (TPSA) is 84.8 Å². The van der Waals surface area contributed by atoms with Crippen LogP contribution in [0.25, 0.3) is 16.7 Å². The number of nitriles is 1. The second-order valence-corrected chi connectivity index (χ2v) is 4.15. The van der Waals surface area contributed by atoms with Gasteiger partial charge in [-0.25, -0.2) is 4.98 Å². The van der Waals surface area contributed by atoms with Crippen molar-refractivity contribution in [2.75, 3.05) is 0 Å². The summed E-state index contributed by atoms with van der Waals surface area (Å²) in [6.45, 7) is 0. The molecule has 96 valence electrons. The van der Waals surface area contributed by atoms with E-state index in [4.69, 9.17) is 5.26 Å². The largest absolute Gasteiger partial charge is 0.310 e. The van der Waals surface area contributed by atoms with Gasteiger partial charge in [0.15, 0.2) is 0 Å². The molecular weight excluding hydrogens is 256 g/mol. The highest BCUT2D eigenvalue weighted by Gasteiger charge is 2.21. The van der Waals surface area contributed by atoms with Crippen molar-refractivity contribution in [3.63, 3.8) is 0 Å². The summed E-state index contributed by atoms with van der Waals surface area (Å²) in [6, 6.07) is 13.8. The van der Waals surface area contributed by atoms with E-state index in [1.165, 1.54) is 12.4 Å². The van der Waals surface area contributed by atoms with Crippen LogP contribution in [0.1, 0.15) is 5.56 Å². The van der Waals surface area contributed by atoms with Crippen molar-refractivity contribution in [2.45, 2.75) is 0 Å². The lowest BCUT2D eigenvalue weighted by atomic mass is 10.1. The summed E-state index contributed by atoms with van der Waals surface area (Å²) >= 11 is 0. The molecule has 1 heterocycles. The van der Waals surface area contributed by atoms with Gasteiger partial charge in [-0.15, -0.1) is 0 Å². The minimum absolute atomic E-state index is 0.0327. The first-order chi connectivity index (χ1) is 9.72. The summed E-state index contributed by atoms with van der Waals surface area (Å²) in [5.41, 5.74) is 1.65. The molecule has 0 radical (unpaired) electrons. The number of para-hydroxylation sites is 3. The molecule has 0 saturated carbocycles. The lowest BCUT2D eigenvalue weighted by molar-refractivity contribution is -0.384. The summed E-state index contributed by atoms with van der Waals surface area (Å²) in [4.78, 5) is 14.9. The zero-order valence-corrected chi connectivity index (χ0v) is 10.2. The van der Waals surface area contributed by atoms with Gasteiger partial charge in [0.25, 0.3) is 0 Å². The second kappa shape index (κ2) is 4.48. The van der Waals surface area contributed by atoms with Gasteiger partial charge in [0.2, 0.25) is 0 Å². The van der Waals surface area contributed by atoms with E-state index in [1.54, 1.807) is 16.7 Å². The monoisotopic (exact) mass is 264 g/mol. The van der Waals surface area contributed by atoms with Crippen LogP contribution in [0, 0.1) is 21.4 Å². The summed E-state index contributed by atoms with van der Waals surface area (Å²) in [6.07, 6.45) is 1.52. The fourth-order valence-corrected chi connectivity index (χ4v) is 2.16. The van der Waals surface area contributed by atoms with E-state index < -0.39 is 4.92 Å². The van der Waals surface area contributed by atoms with Gasteiger partial charge >= 0.3 is 5.69 Å². The molecule has 0 fully saturated rings. The Kier molecular flexibility index (Phi) is 2.66. The first kappa shape index (κ1) is 11.9. The molecule has 3 rings (SSSR count). The molecular formula is C14H8N4O2. The number of nitro groups is 1. The maximum absolute atomic E-state index is 11.3. The molecule has 6 nitrogen and oxygen atoms in total. The van der Waals surface area contributed by atoms with Crippen molar-refractivity contribution in [1.29, 1.82) is 5.26 Å². The summed E-state index contributed by atoms with van der Waals surface area (Å²) < 4.78 is 1.62. The number of fused-ring (bicyclic) bond motifs is 1. The third kappa shape index (κ3) is 1.69. The SMILES string of the molecule is N#Cc1cccc(-n2cnc3ccccc32)c1[N+](=O)[O-]. The molecule has 2 aromatic carbocycles. The average molecular weight is 264 g/mol. The Morgan fingerprint density at radius 3 is 2.75 bits per heavy atom. The predicted octanol–water partition coefficient (Wildman–Crippen LogP) is 2.81. The Hall–Kier alpha value is -3.20. The van der Waals surface area contributed by atoms with Crippen molar-refractivity contribution in [3.05, 3.63) is 64.5 Å². The van der Waals surface area contributed by atoms with Crippen molar-refractivity contribution >= 4 is 16.7 Å². The number of imidazole rings is 1. The van der Waals surface area contributed by atoms with E-state index in [1.807, 2.05) is 30.3 Å². The molecule has 6 heteroatoms. The molecule has 0 aliphatic rings. The van der Waals surface area contributed by atoms with Gasteiger partial charge in [0.05, 0.1) is 16.0 Å². The van der Waals surface area contributed by atoms with E-state index in [-0.39, 0.29) is 11.3 Å². The molecule has 0 N–H and O–H groups in total. The van der Waals surface area contributed by atoms with Crippen LogP contribution in [0.3, 0.4) is 0 Å². The summed E-state index contributed by atoms with van der Waals surface area (Å²) in [5.74, 6) is 0. The molecule has 0 spiro atoms. The van der Waals surface area contributed by atoms with Gasteiger partial charge in [-0.1, -0.05) is 18.2 Å². The van der Waals surface area contributed by atoms with Gasteiger partial charge in [-0.05, 0) is 24.3 Å². The van der Waals surface area contributed by atoms with Gasteiger partial charge in [-0.2, -0.15) is 5.26 Å². The molecule has 0 aliphatic heterocycles. The smallest absolute Gasteiger partial charge is 0.293 e. The third-order valence-corrected chi connectivity index (χ3v) is 3.03. The zero-order chi connectivity index (χ0) is 14.1. The zero-order valence-electron chi connectivity index (χ0n) is 10.2. The van der Waals surface area contributed by atoms with Crippen molar-refractivity contribution in [1.82, 2.24) is 9.55 Å². The second-order valence-electron chi connectivity index (χ2n) is 4.15. The lowest BCUT2D eigenvalue weighted by Crippen LogP contribution is -2.01. The van der Waals surface area contributed by atoms with Gasteiger partial charge < -0.3 is 0 Å². The minimum atomic E-state index is -0.539. The number of aromatic nitrogens is 2. The van der Waals surface area contributed by atoms with E-state index in [0.717, 1.165) is 11.0 Å². The number of nitrogens with zero attached hydrogens (tertiary/aromatic N) is 4. The maximum Gasteiger partial charge on any atom is 0.310 e. The van der Waals surface area contributed by atoms with Gasteiger partial charge in [0, 0.05) is 0 Å². The first-order valence-electron chi connectivity index (χ1n) is 5.82. The van der Waals surface area contributed by atoms with Crippen LogP contribution in [0.2, 0.25) is 0 Å². The standard InChI is InChI=1S/C14H8N4O2/c15-8-10-4-3-7-13(14(10)18(19)20)17-9-16-11-5-1-2-6-12(11)17/h1-7,9H. The fourth-order valence-electron chi connectivity index (χ4n) is 2.16. The quantitative estimate of drug-likeness (QED) is 0.526. The maximum atomic E-state index is 11.3. The van der Waals surface area contributed by atoms with Crippen LogP contribution in [0.4, 0.5) is 5.69 Å². The summed E-state index contributed by atoms with van der Waals surface area (Å²) in [7, 11) is 0. The average Bonchev–Trinajstić information content (AvgIpc) is 2.90. The van der Waals surface area contributed by atoms with Crippen LogP contribution >= 0.6 is 0 Å². The van der Waals surface area contributed by atoms with E-state index in [2.05, 4.69) is 4.98 Å². The number of hydrogen-bond donors (Lipinski definition) is 0. The van der Waals surface area contributed by atoms with Crippen LogP contribution in [0.5, 0.6) is 0 Å². The molecule has 0 saturated heterocycles. The van der Waals surface area contributed by atoms with Crippen molar-refractivity contribution in [3.8, 4) is 11.8 Å². The van der Waals surface area contributed by atoms with Crippen LogP contribution in [0.15, 0.2) is 48.8 Å². The van der Waals surface area contributed by atoms with Gasteiger partial charge in [-0.3, -0.25) is 14.7 Å². The van der Waals surface area contributed by atoms with E-state index in [9.17, 15) is 10.1 Å². The van der Waals surface area contributed by atoms with Crippen LogP contribution in [-0.4, -0.2) is 14.5 Å². The van der Waals surface area contributed by atoms with E-state index >= 15 is 0 Å². The van der Waals surface area contributed by atoms with Crippen molar-refractivity contribution in [2.24, 2.45) is 0 Å². The van der Waals surface area contributed by atoms with E-state index in [0.29, 0.717) is 5.69 Å². The Balaban J connectivity index is 2.36. The molecule has 1 aromatic heterocycles. The molecule has 3 aromatic rings. The molecule has 0 bridgehead atoms. The normalized spacial score (nSPS) is 10.3. The number of benzene rings is 2. The van der Waals surface area contributed by atoms with Crippen LogP contribution in [-0.2, 0) is 0 Å². The molecule has 0 atom stereocenters. The Morgan fingerprint density at radius 2 is 2.00 bits per heavy atom. The number of nitro benzene ring substituents is 1. The molecule has 20 heavy (non-hydrogen) atoms. The minimum Gasteiger partial charge on any atom is -0.293 e. The third-order valence-electron chi connectivity index (χ3n) is 3.03. The Morgan fingerprint density at radius 1 is 1.20 bits per heavy atom. The number of hydrogen-bond acceptors (Lipinski definition) is 4. The molecule has 0 aliphatic carbocycles. The molecule has 0 unspecified atom stereocenters. The van der Waals surface area contributed by atoms with Crippen LogP contribution < -0.4 is 0 Å².